The molecule has 3 N–H and O–H groups in total. The molecule has 24 heavy (non-hydrogen) atoms. The zero-order valence-corrected chi connectivity index (χ0v) is 13.8. The molecule has 0 bridgehead atoms. The van der Waals surface area contributed by atoms with E-state index in [1.54, 1.807) is 24.3 Å². The summed E-state index contributed by atoms with van der Waals surface area (Å²) in [6.07, 6.45) is 4.22. The minimum absolute atomic E-state index is 0.183. The number of nitrogens with zero attached hydrogens (tertiary/aromatic N) is 2. The maximum Gasteiger partial charge on any atom is 0.261 e. The van der Waals surface area contributed by atoms with E-state index in [1.807, 2.05) is 0 Å². The molecule has 0 saturated heterocycles. The third kappa shape index (κ3) is 2.81. The Balaban J connectivity index is 1.97. The van der Waals surface area contributed by atoms with Crippen LogP contribution in [0.5, 0.6) is 0 Å². The van der Waals surface area contributed by atoms with Crippen LogP contribution in [0.2, 0.25) is 0 Å². The van der Waals surface area contributed by atoms with E-state index in [4.69, 9.17) is 0 Å². The summed E-state index contributed by atoms with van der Waals surface area (Å²) in [6.45, 7) is 0. The van der Waals surface area contributed by atoms with E-state index < -0.39 is 21.2 Å². The first-order chi connectivity index (χ1) is 11.4. The molecule has 2 heterocycles. The molecular formula is C15H15N5O3S. The van der Waals surface area contributed by atoms with Gasteiger partial charge in [0.1, 0.15) is 5.65 Å². The number of hydrogen-bond acceptors (Lipinski definition) is 5. The van der Waals surface area contributed by atoms with Gasteiger partial charge in [-0.05, 0) is 18.2 Å². The fourth-order valence-corrected chi connectivity index (χ4v) is 3.15. The fourth-order valence-electron chi connectivity index (χ4n) is 2.26. The lowest BCUT2D eigenvalue weighted by Gasteiger charge is -2.08. The first-order valence-corrected chi connectivity index (χ1v) is 8.91. The third-order valence-electron chi connectivity index (χ3n) is 3.60. The van der Waals surface area contributed by atoms with Gasteiger partial charge >= 0.3 is 0 Å². The molecule has 9 heteroatoms. The SMILES string of the molecule is CN=S(C)(=O)c1cccc(NC(=O)c2c[nH]c3nc[nH]c(=O)c23)c1. The van der Waals surface area contributed by atoms with Crippen LogP contribution in [-0.2, 0) is 9.73 Å². The topological polar surface area (TPSA) is 120 Å². The van der Waals surface area contributed by atoms with E-state index in [1.165, 1.54) is 25.8 Å². The molecule has 3 rings (SSSR count). The fraction of sp³-hybridized carbons (Fsp3) is 0.133. The number of aromatic nitrogens is 3. The van der Waals surface area contributed by atoms with Crippen LogP contribution in [0.15, 0.2) is 50.8 Å². The number of carbonyl (C=O) groups excluding carboxylic acids is 1. The summed E-state index contributed by atoms with van der Waals surface area (Å²) in [4.78, 5) is 34.1. The number of aromatic amines is 2. The van der Waals surface area contributed by atoms with Crippen LogP contribution >= 0.6 is 0 Å². The molecule has 0 aliphatic heterocycles. The van der Waals surface area contributed by atoms with Gasteiger partial charge in [-0.2, -0.15) is 0 Å². The number of rotatable bonds is 3. The Hall–Kier alpha value is -2.94. The Morgan fingerprint density at radius 3 is 2.88 bits per heavy atom. The van der Waals surface area contributed by atoms with Crippen molar-refractivity contribution in [3.63, 3.8) is 0 Å². The standard InChI is InChI=1S/C15H15N5O3S/c1-16-24(2,23)10-5-3-4-9(6-10)20-14(21)11-7-17-13-12(11)15(22)19-8-18-13/h3-8H,1-2H3,(H,20,21)(H2,17,18,19,22). The van der Waals surface area contributed by atoms with Crippen LogP contribution < -0.4 is 10.9 Å². The monoisotopic (exact) mass is 345 g/mol. The average molecular weight is 345 g/mol. The highest BCUT2D eigenvalue weighted by Crippen LogP contribution is 2.19. The second-order valence-corrected chi connectivity index (χ2v) is 7.57. The van der Waals surface area contributed by atoms with Crippen LogP contribution in [-0.4, -0.2) is 38.4 Å². The molecule has 0 aliphatic carbocycles. The normalized spacial score (nSPS) is 13.4. The smallest absolute Gasteiger partial charge is 0.261 e. The lowest BCUT2D eigenvalue weighted by Crippen LogP contribution is -2.15. The number of amides is 1. The molecule has 0 fully saturated rings. The van der Waals surface area contributed by atoms with Crippen LogP contribution in [0.4, 0.5) is 5.69 Å². The summed E-state index contributed by atoms with van der Waals surface area (Å²) in [5.41, 5.74) is 0.577. The lowest BCUT2D eigenvalue weighted by molar-refractivity contribution is 0.102. The number of benzene rings is 1. The van der Waals surface area contributed by atoms with Gasteiger partial charge in [-0.3, -0.25) is 9.59 Å². The highest BCUT2D eigenvalue weighted by molar-refractivity contribution is 7.93. The van der Waals surface area contributed by atoms with E-state index >= 15 is 0 Å². The molecule has 124 valence electrons. The van der Waals surface area contributed by atoms with Crippen LogP contribution in [0, 0.1) is 0 Å². The van der Waals surface area contributed by atoms with E-state index in [2.05, 4.69) is 24.6 Å². The molecule has 8 nitrogen and oxygen atoms in total. The third-order valence-corrected chi connectivity index (χ3v) is 5.42. The Labute approximate surface area is 137 Å². The van der Waals surface area contributed by atoms with Crippen molar-refractivity contribution in [1.82, 2.24) is 15.0 Å². The molecule has 1 aromatic carbocycles. The van der Waals surface area contributed by atoms with E-state index in [-0.39, 0.29) is 10.9 Å². The minimum Gasteiger partial charge on any atom is -0.345 e. The number of carbonyl (C=O) groups is 1. The molecular weight excluding hydrogens is 330 g/mol. The average Bonchev–Trinajstić information content (AvgIpc) is 3.01. The Morgan fingerprint density at radius 1 is 1.33 bits per heavy atom. The number of anilines is 1. The van der Waals surface area contributed by atoms with Crippen molar-refractivity contribution < 1.29 is 9.00 Å². The van der Waals surface area contributed by atoms with Crippen molar-refractivity contribution in [2.75, 3.05) is 18.6 Å². The summed E-state index contributed by atoms with van der Waals surface area (Å²) >= 11 is 0. The van der Waals surface area contributed by atoms with Gasteiger partial charge in [-0.25, -0.2) is 13.6 Å². The summed E-state index contributed by atoms with van der Waals surface area (Å²) in [6, 6.07) is 6.64. The maximum atomic E-state index is 12.5. The van der Waals surface area contributed by atoms with Crippen LogP contribution in [0.1, 0.15) is 10.4 Å². The number of hydrogen-bond donors (Lipinski definition) is 3. The van der Waals surface area contributed by atoms with Crippen LogP contribution in [0.3, 0.4) is 0 Å². The molecule has 0 radical (unpaired) electrons. The van der Waals surface area contributed by atoms with Crippen molar-refractivity contribution >= 4 is 32.4 Å². The van der Waals surface area contributed by atoms with Crippen LogP contribution in [0.25, 0.3) is 11.0 Å². The quantitative estimate of drug-likeness (QED) is 0.667. The molecule has 3 aromatic rings. The first-order valence-electron chi connectivity index (χ1n) is 6.99. The zero-order valence-electron chi connectivity index (χ0n) is 13.0. The second-order valence-electron chi connectivity index (χ2n) is 5.12. The second kappa shape index (κ2) is 5.93. The maximum absolute atomic E-state index is 12.5. The van der Waals surface area contributed by atoms with Crippen molar-refractivity contribution in [2.45, 2.75) is 4.90 Å². The number of H-pyrrole nitrogens is 2. The predicted octanol–water partition coefficient (Wildman–Crippen LogP) is 1.59. The molecule has 0 spiro atoms. The summed E-state index contributed by atoms with van der Waals surface area (Å²) in [5.74, 6) is -0.465. The first kappa shape index (κ1) is 15.9. The Bertz CT molecular complexity index is 1110. The highest BCUT2D eigenvalue weighted by atomic mass is 32.2. The Morgan fingerprint density at radius 2 is 2.12 bits per heavy atom. The number of fused-ring (bicyclic) bond motifs is 1. The van der Waals surface area contributed by atoms with Gasteiger partial charge in [0.15, 0.2) is 0 Å². The van der Waals surface area contributed by atoms with E-state index in [0.29, 0.717) is 16.2 Å². The minimum atomic E-state index is -2.50. The molecule has 1 unspecified atom stereocenters. The van der Waals surface area contributed by atoms with Gasteiger partial charge in [0, 0.05) is 30.1 Å². The van der Waals surface area contributed by atoms with Gasteiger partial charge in [-0.15, -0.1) is 0 Å². The molecule has 1 atom stereocenters. The van der Waals surface area contributed by atoms with Gasteiger partial charge in [0.05, 0.1) is 27.0 Å². The largest absolute Gasteiger partial charge is 0.345 e. The van der Waals surface area contributed by atoms with Crippen molar-refractivity contribution in [3.05, 3.63) is 52.7 Å². The van der Waals surface area contributed by atoms with Gasteiger partial charge in [0.25, 0.3) is 11.5 Å². The molecule has 1 amide bonds. The zero-order chi connectivity index (χ0) is 17.3. The Kier molecular flexibility index (Phi) is 3.94. The predicted molar refractivity (Wildman–Crippen MR) is 91.8 cm³/mol. The van der Waals surface area contributed by atoms with Crippen molar-refractivity contribution in [1.29, 1.82) is 0 Å². The summed E-state index contributed by atoms with van der Waals surface area (Å²) in [7, 11) is -1.01. The highest BCUT2D eigenvalue weighted by Gasteiger charge is 2.16. The molecule has 2 aromatic heterocycles. The van der Waals surface area contributed by atoms with Crippen molar-refractivity contribution in [3.8, 4) is 0 Å². The van der Waals surface area contributed by atoms with Gasteiger partial charge in [-0.1, -0.05) is 6.07 Å². The summed E-state index contributed by atoms with van der Waals surface area (Å²) in [5, 5.41) is 2.88. The van der Waals surface area contributed by atoms with E-state index in [0.717, 1.165) is 0 Å². The van der Waals surface area contributed by atoms with Gasteiger partial charge < -0.3 is 15.3 Å². The number of nitrogens with one attached hydrogen (secondary N) is 3. The molecule has 0 aliphatic rings. The van der Waals surface area contributed by atoms with Crippen molar-refractivity contribution in [2.24, 2.45) is 4.36 Å². The lowest BCUT2D eigenvalue weighted by atomic mass is 10.2. The molecule has 0 saturated carbocycles. The summed E-state index contributed by atoms with van der Waals surface area (Å²) < 4.78 is 16.2. The van der Waals surface area contributed by atoms with E-state index in [9.17, 15) is 13.8 Å². The van der Waals surface area contributed by atoms with Gasteiger partial charge in [0.2, 0.25) is 0 Å².